The topological polar surface area (TPSA) is 52.6 Å². The number of ether oxygens (including phenoxy) is 2. The second kappa shape index (κ2) is 5.87. The van der Waals surface area contributed by atoms with Crippen molar-refractivity contribution >= 4 is 6.16 Å². The molecule has 0 aliphatic rings. The van der Waals surface area contributed by atoms with Gasteiger partial charge < -0.3 is 9.47 Å². The van der Waals surface area contributed by atoms with Crippen LogP contribution in [-0.4, -0.2) is 11.8 Å². The van der Waals surface area contributed by atoms with Crippen molar-refractivity contribution in [2.45, 2.75) is 46.6 Å². The highest BCUT2D eigenvalue weighted by Gasteiger charge is 2.19. The second-order valence-corrected chi connectivity index (χ2v) is 5.35. The highest BCUT2D eigenvalue weighted by Crippen LogP contribution is 2.13. The van der Waals surface area contributed by atoms with Crippen LogP contribution < -0.4 is 10.2 Å². The highest BCUT2D eigenvalue weighted by molar-refractivity contribution is 5.64. The zero-order chi connectivity index (χ0) is 14.6. The molecule has 1 aromatic rings. The van der Waals surface area contributed by atoms with Gasteiger partial charge in [-0.1, -0.05) is 19.1 Å². The molecule has 0 aromatic heterocycles. The van der Waals surface area contributed by atoms with Crippen LogP contribution in [-0.2, 0) is 11.2 Å². The molecular formula is C15H20O4. The Morgan fingerprint density at radius 1 is 1.26 bits per heavy atom. The third kappa shape index (κ3) is 4.73. The van der Waals surface area contributed by atoms with E-state index in [1.165, 1.54) is 0 Å². The summed E-state index contributed by atoms with van der Waals surface area (Å²) < 4.78 is 10.1. The van der Waals surface area contributed by atoms with Crippen LogP contribution in [0.2, 0.25) is 0 Å². The van der Waals surface area contributed by atoms with E-state index in [-0.39, 0.29) is 11.2 Å². The van der Waals surface area contributed by atoms with Crippen molar-refractivity contribution in [3.8, 4) is 5.75 Å². The molecule has 0 unspecified atom stereocenters. The lowest BCUT2D eigenvalue weighted by atomic mass is 10.2. The van der Waals surface area contributed by atoms with Crippen molar-refractivity contribution in [3.63, 3.8) is 0 Å². The first-order valence-electron chi connectivity index (χ1n) is 6.27. The Kier molecular flexibility index (Phi) is 4.70. The van der Waals surface area contributed by atoms with Gasteiger partial charge in [0.1, 0.15) is 5.60 Å². The Morgan fingerprint density at radius 3 is 2.42 bits per heavy atom. The third-order valence-electron chi connectivity index (χ3n) is 2.44. The van der Waals surface area contributed by atoms with Crippen molar-refractivity contribution in [3.05, 3.63) is 39.5 Å². The van der Waals surface area contributed by atoms with E-state index in [0.717, 1.165) is 12.0 Å². The molecule has 0 amide bonds. The molecule has 4 heteroatoms. The lowest BCUT2D eigenvalue weighted by molar-refractivity contribution is 0.0204. The van der Waals surface area contributed by atoms with Crippen molar-refractivity contribution < 1.29 is 14.3 Å². The number of carbonyl (C=O) groups is 1. The Bertz CT molecular complexity index is 527. The van der Waals surface area contributed by atoms with Crippen LogP contribution in [0.3, 0.4) is 0 Å². The van der Waals surface area contributed by atoms with Gasteiger partial charge in [0.15, 0.2) is 5.75 Å². The third-order valence-corrected chi connectivity index (χ3v) is 2.44. The molecule has 1 rings (SSSR count). The van der Waals surface area contributed by atoms with Gasteiger partial charge >= 0.3 is 6.16 Å². The molecule has 0 saturated heterocycles. The number of aryl methyl sites for hydroxylation is 2. The van der Waals surface area contributed by atoms with Gasteiger partial charge in [0.25, 0.3) is 0 Å². The van der Waals surface area contributed by atoms with Crippen molar-refractivity contribution in [2.75, 3.05) is 0 Å². The predicted octanol–water partition coefficient (Wildman–Crippen LogP) is 3.23. The summed E-state index contributed by atoms with van der Waals surface area (Å²) in [6.45, 7) is 8.86. The molecule has 0 bridgehead atoms. The summed E-state index contributed by atoms with van der Waals surface area (Å²) in [5, 5.41) is 0. The molecule has 0 spiro atoms. The second-order valence-electron chi connectivity index (χ2n) is 5.35. The molecule has 0 heterocycles. The van der Waals surface area contributed by atoms with Gasteiger partial charge in [-0.15, -0.1) is 0 Å². The summed E-state index contributed by atoms with van der Waals surface area (Å²) in [5.41, 5.74) is 0.493. The number of hydrogen-bond donors (Lipinski definition) is 0. The van der Waals surface area contributed by atoms with Crippen molar-refractivity contribution in [2.24, 2.45) is 0 Å². The molecule has 0 aliphatic heterocycles. The van der Waals surface area contributed by atoms with Gasteiger partial charge in [0.05, 0.1) is 0 Å². The van der Waals surface area contributed by atoms with E-state index in [0.29, 0.717) is 5.56 Å². The SMILES string of the molecule is CCc1ccc(C)c(=O)c(OC(=O)OC(C)(C)C)c1. The number of rotatable bonds is 2. The zero-order valence-corrected chi connectivity index (χ0v) is 12.1. The largest absolute Gasteiger partial charge is 0.514 e. The molecule has 0 N–H and O–H groups in total. The summed E-state index contributed by atoms with van der Waals surface area (Å²) in [6, 6.07) is 5.15. The lowest BCUT2D eigenvalue weighted by Gasteiger charge is -2.18. The van der Waals surface area contributed by atoms with Gasteiger partial charge in [-0.25, -0.2) is 4.79 Å². The molecule has 19 heavy (non-hydrogen) atoms. The maximum atomic E-state index is 12.0. The van der Waals surface area contributed by atoms with E-state index in [1.54, 1.807) is 39.8 Å². The minimum absolute atomic E-state index is 0.00796. The molecule has 104 valence electrons. The molecule has 0 atom stereocenters. The first kappa shape index (κ1) is 15.2. The Balaban J connectivity index is 3.08. The fourth-order valence-corrected chi connectivity index (χ4v) is 1.44. The molecular weight excluding hydrogens is 244 g/mol. The smallest absolute Gasteiger partial charge is 0.428 e. The molecule has 0 saturated carbocycles. The van der Waals surface area contributed by atoms with Crippen molar-refractivity contribution in [1.82, 2.24) is 0 Å². The molecule has 0 radical (unpaired) electrons. The quantitative estimate of drug-likeness (QED) is 0.769. The predicted molar refractivity (Wildman–Crippen MR) is 73.7 cm³/mol. The van der Waals surface area contributed by atoms with Crippen LogP contribution in [0.1, 0.15) is 38.8 Å². The van der Waals surface area contributed by atoms with Gasteiger partial charge in [-0.3, -0.25) is 4.79 Å². The van der Waals surface area contributed by atoms with E-state index in [1.807, 2.05) is 13.0 Å². The summed E-state index contributed by atoms with van der Waals surface area (Å²) in [4.78, 5) is 23.6. The van der Waals surface area contributed by atoms with Crippen molar-refractivity contribution in [1.29, 1.82) is 0 Å². The summed E-state index contributed by atoms with van der Waals surface area (Å²) >= 11 is 0. The standard InChI is InChI=1S/C15H20O4/c1-6-11-8-7-10(2)13(16)12(9-11)18-14(17)19-15(3,4)5/h7-9H,6H2,1-5H3. The summed E-state index contributed by atoms with van der Waals surface area (Å²) in [5.74, 6) is 0.00796. The fraction of sp³-hybridized carbons (Fsp3) is 0.467. The first-order valence-corrected chi connectivity index (χ1v) is 6.27. The Morgan fingerprint density at radius 2 is 1.89 bits per heavy atom. The Hall–Kier alpha value is -1.84. The molecule has 0 fully saturated rings. The van der Waals surface area contributed by atoms with Crippen LogP contribution >= 0.6 is 0 Å². The summed E-state index contributed by atoms with van der Waals surface area (Å²) in [6.07, 6.45) is -0.115. The number of hydrogen-bond acceptors (Lipinski definition) is 4. The van der Waals surface area contributed by atoms with Crippen LogP contribution in [0.25, 0.3) is 0 Å². The molecule has 0 aliphatic carbocycles. The van der Waals surface area contributed by atoms with E-state index < -0.39 is 11.8 Å². The lowest BCUT2D eigenvalue weighted by Crippen LogP contribution is -2.27. The van der Waals surface area contributed by atoms with E-state index in [4.69, 9.17) is 9.47 Å². The molecule has 4 nitrogen and oxygen atoms in total. The highest BCUT2D eigenvalue weighted by atomic mass is 16.7. The van der Waals surface area contributed by atoms with E-state index in [2.05, 4.69) is 0 Å². The fourth-order valence-electron chi connectivity index (χ4n) is 1.44. The summed E-state index contributed by atoms with van der Waals surface area (Å²) in [7, 11) is 0. The normalized spacial score (nSPS) is 11.0. The average molecular weight is 264 g/mol. The number of carbonyl (C=O) groups excluding carboxylic acids is 1. The van der Waals surface area contributed by atoms with Gasteiger partial charge in [0.2, 0.25) is 5.43 Å². The van der Waals surface area contributed by atoms with Crippen LogP contribution in [0.4, 0.5) is 4.79 Å². The van der Waals surface area contributed by atoms with Gasteiger partial charge in [-0.2, -0.15) is 0 Å². The molecule has 1 aromatic carbocycles. The minimum atomic E-state index is -0.864. The van der Waals surface area contributed by atoms with E-state index >= 15 is 0 Å². The minimum Gasteiger partial charge on any atom is -0.428 e. The Labute approximate surface area is 113 Å². The van der Waals surface area contributed by atoms with Crippen LogP contribution in [0.5, 0.6) is 5.75 Å². The maximum absolute atomic E-state index is 12.0. The van der Waals surface area contributed by atoms with E-state index in [9.17, 15) is 9.59 Å². The van der Waals surface area contributed by atoms with Crippen LogP contribution in [0.15, 0.2) is 23.0 Å². The van der Waals surface area contributed by atoms with Gasteiger partial charge in [-0.05, 0) is 45.7 Å². The van der Waals surface area contributed by atoms with Crippen LogP contribution in [0, 0.1) is 6.92 Å². The first-order chi connectivity index (χ1) is 8.73. The zero-order valence-electron chi connectivity index (χ0n) is 12.1. The maximum Gasteiger partial charge on any atom is 0.514 e. The monoisotopic (exact) mass is 264 g/mol. The average Bonchev–Trinajstić information content (AvgIpc) is 2.40. The van der Waals surface area contributed by atoms with Gasteiger partial charge in [0, 0.05) is 5.56 Å².